The van der Waals surface area contributed by atoms with Gasteiger partial charge in [0.05, 0.1) is 39.7 Å². The van der Waals surface area contributed by atoms with Crippen LogP contribution < -0.4 is 19.5 Å². The summed E-state index contributed by atoms with van der Waals surface area (Å²) in [6.07, 6.45) is 0.758. The van der Waals surface area contributed by atoms with Crippen molar-refractivity contribution in [2.24, 2.45) is 0 Å². The van der Waals surface area contributed by atoms with Crippen molar-refractivity contribution < 1.29 is 28.9 Å². The lowest BCUT2D eigenvalue weighted by Gasteiger charge is -2.19. The summed E-state index contributed by atoms with van der Waals surface area (Å²) in [5.74, 6) is 0.614. The van der Waals surface area contributed by atoms with Gasteiger partial charge < -0.3 is 24.6 Å². The molecular weight excluding hydrogens is 362 g/mol. The van der Waals surface area contributed by atoms with Crippen LogP contribution in [0, 0.1) is 0 Å². The number of hydrogen-bond acceptors (Lipinski definition) is 5. The number of carboxylic acids is 1. The highest BCUT2D eigenvalue weighted by Gasteiger charge is 2.21. The lowest BCUT2D eigenvalue weighted by molar-refractivity contribution is -0.137. The molecule has 2 aromatic carbocycles. The van der Waals surface area contributed by atoms with E-state index in [2.05, 4.69) is 5.32 Å². The number of carbonyl (C=O) groups is 2. The number of rotatable bonds is 8. The highest BCUT2D eigenvalue weighted by Crippen LogP contribution is 2.31. The molecular formula is C21H23NO6. The van der Waals surface area contributed by atoms with Gasteiger partial charge in [0, 0.05) is 6.42 Å². The van der Waals surface area contributed by atoms with Gasteiger partial charge in [0.25, 0.3) is 0 Å². The fourth-order valence-corrected chi connectivity index (χ4v) is 3.28. The maximum Gasteiger partial charge on any atom is 0.305 e. The van der Waals surface area contributed by atoms with Crippen molar-refractivity contribution in [1.82, 2.24) is 5.32 Å². The molecule has 0 aromatic heterocycles. The van der Waals surface area contributed by atoms with Crippen LogP contribution in [0.4, 0.5) is 0 Å². The summed E-state index contributed by atoms with van der Waals surface area (Å²) >= 11 is 0. The highest BCUT2D eigenvalue weighted by atomic mass is 16.5. The Morgan fingerprint density at radius 3 is 2.64 bits per heavy atom. The molecule has 0 aliphatic carbocycles. The molecule has 0 fully saturated rings. The molecule has 3 rings (SSSR count). The number of aliphatic carboxylic acids is 1. The van der Waals surface area contributed by atoms with Crippen LogP contribution in [0.25, 0.3) is 0 Å². The SMILES string of the molecule is COc1ccc([C@H](CC(=O)O)NC(=O)Cc2ccc3c(c2)CCO3)cc1OC. The number of nitrogens with one attached hydrogen (secondary N) is 1. The Labute approximate surface area is 163 Å². The number of carboxylic acid groups (broad SMARTS) is 1. The Morgan fingerprint density at radius 2 is 1.93 bits per heavy atom. The minimum atomic E-state index is -1.00. The number of fused-ring (bicyclic) bond motifs is 1. The van der Waals surface area contributed by atoms with Gasteiger partial charge in [-0.1, -0.05) is 18.2 Å². The molecule has 0 saturated heterocycles. The molecule has 1 amide bonds. The van der Waals surface area contributed by atoms with E-state index in [9.17, 15) is 14.7 Å². The average Bonchev–Trinajstić information content (AvgIpc) is 3.14. The van der Waals surface area contributed by atoms with Crippen LogP contribution in [-0.2, 0) is 22.4 Å². The Bertz CT molecular complexity index is 879. The molecule has 0 spiro atoms. The lowest BCUT2D eigenvalue weighted by atomic mass is 10.0. The van der Waals surface area contributed by atoms with Crippen molar-refractivity contribution >= 4 is 11.9 Å². The predicted octanol–water partition coefficient (Wildman–Crippen LogP) is 2.51. The van der Waals surface area contributed by atoms with Crippen molar-refractivity contribution in [1.29, 1.82) is 0 Å². The second-order valence-electron chi connectivity index (χ2n) is 6.55. The summed E-state index contributed by atoms with van der Waals surface area (Å²) in [6, 6.07) is 10.1. The number of hydrogen-bond donors (Lipinski definition) is 2. The van der Waals surface area contributed by atoms with E-state index in [-0.39, 0.29) is 18.7 Å². The van der Waals surface area contributed by atoms with E-state index < -0.39 is 12.0 Å². The summed E-state index contributed by atoms with van der Waals surface area (Å²) in [5.41, 5.74) is 2.59. The molecule has 148 valence electrons. The lowest BCUT2D eigenvalue weighted by Crippen LogP contribution is -2.31. The maximum absolute atomic E-state index is 12.6. The molecule has 1 aliphatic rings. The quantitative estimate of drug-likeness (QED) is 0.725. The van der Waals surface area contributed by atoms with Gasteiger partial charge in [0.15, 0.2) is 11.5 Å². The van der Waals surface area contributed by atoms with Gasteiger partial charge in [0.2, 0.25) is 5.91 Å². The molecule has 2 N–H and O–H groups in total. The van der Waals surface area contributed by atoms with Crippen LogP contribution in [-0.4, -0.2) is 37.8 Å². The highest BCUT2D eigenvalue weighted by molar-refractivity contribution is 5.80. The van der Waals surface area contributed by atoms with Crippen LogP contribution in [0.1, 0.15) is 29.2 Å². The summed E-state index contributed by atoms with van der Waals surface area (Å²) in [6.45, 7) is 0.658. The average molecular weight is 385 g/mol. The third-order valence-corrected chi connectivity index (χ3v) is 4.64. The number of benzene rings is 2. The smallest absolute Gasteiger partial charge is 0.305 e. The summed E-state index contributed by atoms with van der Waals surface area (Å²) in [5, 5.41) is 12.1. The molecule has 0 bridgehead atoms. The second-order valence-corrected chi connectivity index (χ2v) is 6.55. The number of methoxy groups -OCH3 is 2. The summed E-state index contributed by atoms with van der Waals surface area (Å²) in [7, 11) is 3.03. The summed E-state index contributed by atoms with van der Waals surface area (Å²) < 4.78 is 16.0. The van der Waals surface area contributed by atoms with Crippen LogP contribution in [0.15, 0.2) is 36.4 Å². The van der Waals surface area contributed by atoms with E-state index in [0.29, 0.717) is 23.7 Å². The van der Waals surface area contributed by atoms with E-state index in [0.717, 1.165) is 23.3 Å². The Balaban J connectivity index is 1.75. The largest absolute Gasteiger partial charge is 0.493 e. The van der Waals surface area contributed by atoms with Gasteiger partial charge in [-0.05, 0) is 34.9 Å². The minimum absolute atomic E-state index is 0.163. The molecule has 0 unspecified atom stereocenters. The third kappa shape index (κ3) is 4.54. The van der Waals surface area contributed by atoms with E-state index in [1.807, 2.05) is 18.2 Å². The number of ether oxygens (including phenoxy) is 3. The standard InChI is InChI=1S/C21H23NO6/c1-26-18-6-4-14(11-19(18)27-2)16(12-21(24)25)22-20(23)10-13-3-5-17-15(9-13)7-8-28-17/h3-6,9,11,16H,7-8,10,12H2,1-2H3,(H,22,23)(H,24,25)/t16-/m0/s1. The van der Waals surface area contributed by atoms with E-state index in [1.165, 1.54) is 14.2 Å². The first kappa shape index (κ1) is 19.5. The fourth-order valence-electron chi connectivity index (χ4n) is 3.28. The van der Waals surface area contributed by atoms with Crippen molar-refractivity contribution in [3.63, 3.8) is 0 Å². The van der Waals surface area contributed by atoms with Gasteiger partial charge in [-0.25, -0.2) is 0 Å². The normalized spacial score (nSPS) is 13.2. The summed E-state index contributed by atoms with van der Waals surface area (Å²) in [4.78, 5) is 23.9. The van der Waals surface area contributed by atoms with Crippen LogP contribution >= 0.6 is 0 Å². The van der Waals surface area contributed by atoms with Gasteiger partial charge in [-0.2, -0.15) is 0 Å². The van der Waals surface area contributed by atoms with Gasteiger partial charge in [-0.3, -0.25) is 9.59 Å². The molecule has 0 radical (unpaired) electrons. The van der Waals surface area contributed by atoms with Gasteiger partial charge in [-0.15, -0.1) is 0 Å². The van der Waals surface area contributed by atoms with Gasteiger partial charge >= 0.3 is 5.97 Å². The molecule has 1 aliphatic heterocycles. The van der Waals surface area contributed by atoms with E-state index in [4.69, 9.17) is 14.2 Å². The van der Waals surface area contributed by atoms with Crippen molar-refractivity contribution in [2.45, 2.75) is 25.3 Å². The van der Waals surface area contributed by atoms with Crippen LogP contribution in [0.3, 0.4) is 0 Å². The molecule has 7 heteroatoms. The van der Waals surface area contributed by atoms with E-state index >= 15 is 0 Å². The number of amides is 1. The van der Waals surface area contributed by atoms with Crippen LogP contribution in [0.2, 0.25) is 0 Å². The fraction of sp³-hybridized carbons (Fsp3) is 0.333. The van der Waals surface area contributed by atoms with Crippen molar-refractivity contribution in [3.05, 3.63) is 53.1 Å². The van der Waals surface area contributed by atoms with Crippen LogP contribution in [0.5, 0.6) is 17.2 Å². The number of carbonyl (C=O) groups excluding carboxylic acids is 1. The van der Waals surface area contributed by atoms with Crippen molar-refractivity contribution in [3.8, 4) is 17.2 Å². The Morgan fingerprint density at radius 1 is 1.14 bits per heavy atom. The zero-order valence-electron chi connectivity index (χ0n) is 15.9. The third-order valence-electron chi connectivity index (χ3n) is 4.64. The maximum atomic E-state index is 12.6. The zero-order valence-corrected chi connectivity index (χ0v) is 15.9. The van der Waals surface area contributed by atoms with Crippen molar-refractivity contribution in [2.75, 3.05) is 20.8 Å². The first-order valence-electron chi connectivity index (χ1n) is 8.98. The topological polar surface area (TPSA) is 94.1 Å². The Hall–Kier alpha value is -3.22. The minimum Gasteiger partial charge on any atom is -0.493 e. The molecule has 28 heavy (non-hydrogen) atoms. The Kier molecular flexibility index (Phi) is 6.03. The first-order chi connectivity index (χ1) is 13.5. The molecule has 7 nitrogen and oxygen atoms in total. The zero-order chi connectivity index (χ0) is 20.1. The molecule has 1 atom stereocenters. The molecule has 0 saturated carbocycles. The first-order valence-corrected chi connectivity index (χ1v) is 8.98. The second kappa shape index (κ2) is 8.65. The monoisotopic (exact) mass is 385 g/mol. The predicted molar refractivity (Wildman–Crippen MR) is 102 cm³/mol. The molecule has 2 aromatic rings. The van der Waals surface area contributed by atoms with E-state index in [1.54, 1.807) is 18.2 Å². The van der Waals surface area contributed by atoms with Gasteiger partial charge in [0.1, 0.15) is 5.75 Å². The molecule has 1 heterocycles.